The third kappa shape index (κ3) is 3.84. The lowest BCUT2D eigenvalue weighted by Crippen LogP contribution is -2.36. The van der Waals surface area contributed by atoms with Crippen LogP contribution in [0.2, 0.25) is 0 Å². The highest BCUT2D eigenvalue weighted by Gasteiger charge is 2.38. The first kappa shape index (κ1) is 21.6. The average molecular weight is 441 g/mol. The largest absolute Gasteiger partial charge is 0.493 e. The second kappa shape index (κ2) is 8.83. The number of hydrogen-bond donors (Lipinski definition) is 0. The second-order valence-electron chi connectivity index (χ2n) is 7.44. The van der Waals surface area contributed by atoms with E-state index in [1.807, 2.05) is 11.0 Å². The summed E-state index contributed by atoms with van der Waals surface area (Å²) in [5, 5.41) is 11.7. The predicted molar refractivity (Wildman–Crippen MR) is 115 cm³/mol. The Hall–Kier alpha value is -3.66. The van der Waals surface area contributed by atoms with Gasteiger partial charge in [0.05, 0.1) is 43.5 Å². The van der Waals surface area contributed by atoms with Gasteiger partial charge in [0.25, 0.3) is 17.5 Å². The Morgan fingerprint density at radius 3 is 2.28 bits per heavy atom. The van der Waals surface area contributed by atoms with E-state index in [9.17, 15) is 19.7 Å². The number of fused-ring (bicyclic) bond motifs is 1. The van der Waals surface area contributed by atoms with Crippen molar-refractivity contribution in [2.24, 2.45) is 0 Å². The maximum absolute atomic E-state index is 13.0. The summed E-state index contributed by atoms with van der Waals surface area (Å²) >= 11 is 0. The third-order valence-electron chi connectivity index (χ3n) is 5.69. The Balaban J connectivity index is 1.59. The van der Waals surface area contributed by atoms with E-state index >= 15 is 0 Å². The molecule has 10 nitrogen and oxygen atoms in total. The molecule has 2 amide bonds. The number of imide groups is 1. The molecular formula is C22H23N3O7. The van der Waals surface area contributed by atoms with Gasteiger partial charge in [-0.1, -0.05) is 6.07 Å². The SMILES string of the molecule is COc1ccc(CCN2C(=O)c3cc(N4CCOCC4)c([N+](=O)[O-])cc3C2=O)cc1OC. The van der Waals surface area contributed by atoms with Gasteiger partial charge in [-0.25, -0.2) is 0 Å². The number of nitrogens with zero attached hydrogens (tertiary/aromatic N) is 3. The zero-order chi connectivity index (χ0) is 22.8. The fraction of sp³-hybridized carbons (Fsp3) is 0.364. The van der Waals surface area contributed by atoms with Gasteiger partial charge < -0.3 is 19.1 Å². The molecule has 1 saturated heterocycles. The highest BCUT2D eigenvalue weighted by molar-refractivity contribution is 6.22. The molecule has 4 rings (SSSR count). The molecule has 2 heterocycles. The molecule has 2 aromatic carbocycles. The second-order valence-corrected chi connectivity index (χ2v) is 7.44. The van der Waals surface area contributed by atoms with Gasteiger partial charge in [0.2, 0.25) is 0 Å². The number of ether oxygens (including phenoxy) is 3. The summed E-state index contributed by atoms with van der Waals surface area (Å²) in [5.74, 6) is 0.162. The van der Waals surface area contributed by atoms with E-state index in [1.54, 1.807) is 19.2 Å². The Labute approximate surface area is 184 Å². The monoisotopic (exact) mass is 441 g/mol. The van der Waals surface area contributed by atoms with E-state index in [4.69, 9.17) is 14.2 Å². The molecule has 0 saturated carbocycles. The molecule has 1 fully saturated rings. The number of hydrogen-bond acceptors (Lipinski definition) is 8. The maximum atomic E-state index is 13.0. The molecule has 10 heteroatoms. The number of nitro benzene ring substituents is 1. The molecule has 0 atom stereocenters. The molecule has 0 aromatic heterocycles. The molecule has 2 aromatic rings. The number of nitro groups is 1. The topological polar surface area (TPSA) is 111 Å². The standard InChI is InChI=1S/C22H23N3O7/c1-30-19-4-3-14(11-20(19)31-2)5-6-24-21(26)15-12-17(23-7-9-32-10-8-23)18(25(28)29)13-16(15)22(24)27/h3-4,11-13H,5-10H2,1-2H3. The zero-order valence-electron chi connectivity index (χ0n) is 17.8. The van der Waals surface area contributed by atoms with Crippen LogP contribution in [0.4, 0.5) is 11.4 Å². The van der Waals surface area contributed by atoms with Gasteiger partial charge in [0.1, 0.15) is 5.69 Å². The van der Waals surface area contributed by atoms with Gasteiger partial charge in [-0.05, 0) is 30.2 Å². The van der Waals surface area contributed by atoms with Gasteiger partial charge in [0.15, 0.2) is 11.5 Å². The zero-order valence-corrected chi connectivity index (χ0v) is 17.8. The van der Waals surface area contributed by atoms with E-state index in [0.29, 0.717) is 49.9 Å². The Bertz CT molecular complexity index is 1080. The van der Waals surface area contributed by atoms with Crippen LogP contribution in [-0.4, -0.2) is 68.7 Å². The first-order valence-electron chi connectivity index (χ1n) is 10.2. The number of anilines is 1. The van der Waals surface area contributed by atoms with E-state index in [2.05, 4.69) is 0 Å². The van der Waals surface area contributed by atoms with Crippen molar-refractivity contribution in [3.63, 3.8) is 0 Å². The molecule has 2 aliphatic heterocycles. The van der Waals surface area contributed by atoms with Crippen molar-refractivity contribution in [3.05, 3.63) is 57.1 Å². The van der Waals surface area contributed by atoms with Crippen molar-refractivity contribution >= 4 is 23.2 Å². The molecule has 32 heavy (non-hydrogen) atoms. The molecule has 0 bridgehead atoms. The van der Waals surface area contributed by atoms with Crippen molar-refractivity contribution in [1.29, 1.82) is 0 Å². The van der Waals surface area contributed by atoms with Crippen molar-refractivity contribution < 1.29 is 28.7 Å². The summed E-state index contributed by atoms with van der Waals surface area (Å²) in [6.07, 6.45) is 0.407. The van der Waals surface area contributed by atoms with Crippen molar-refractivity contribution in [3.8, 4) is 11.5 Å². The number of carbonyl (C=O) groups is 2. The van der Waals surface area contributed by atoms with Gasteiger partial charge >= 0.3 is 0 Å². The van der Waals surface area contributed by atoms with Crippen LogP contribution in [-0.2, 0) is 11.2 Å². The first-order chi connectivity index (χ1) is 15.4. The lowest BCUT2D eigenvalue weighted by Gasteiger charge is -2.28. The van der Waals surface area contributed by atoms with Crippen LogP contribution < -0.4 is 14.4 Å². The summed E-state index contributed by atoms with van der Waals surface area (Å²) < 4.78 is 15.8. The van der Waals surface area contributed by atoms with Crippen LogP contribution in [0.1, 0.15) is 26.3 Å². The van der Waals surface area contributed by atoms with Crippen molar-refractivity contribution in [2.75, 3.05) is 52.0 Å². The number of carbonyl (C=O) groups excluding carboxylic acids is 2. The molecule has 0 unspecified atom stereocenters. The Kier molecular flexibility index (Phi) is 5.95. The average Bonchev–Trinajstić information content (AvgIpc) is 3.06. The Morgan fingerprint density at radius 1 is 1.00 bits per heavy atom. The molecule has 0 aliphatic carbocycles. The minimum Gasteiger partial charge on any atom is -0.493 e. The van der Waals surface area contributed by atoms with Crippen LogP contribution >= 0.6 is 0 Å². The van der Waals surface area contributed by atoms with E-state index in [0.717, 1.165) is 10.5 Å². The minimum absolute atomic E-state index is 0.0611. The van der Waals surface area contributed by atoms with Crippen LogP contribution in [0, 0.1) is 10.1 Å². The summed E-state index contributed by atoms with van der Waals surface area (Å²) in [7, 11) is 3.07. The van der Waals surface area contributed by atoms with Gasteiger partial charge in [-0.2, -0.15) is 0 Å². The van der Waals surface area contributed by atoms with Gasteiger partial charge in [-0.15, -0.1) is 0 Å². The quantitative estimate of drug-likeness (QED) is 0.366. The maximum Gasteiger partial charge on any atom is 0.293 e. The highest BCUT2D eigenvalue weighted by atomic mass is 16.6. The third-order valence-corrected chi connectivity index (χ3v) is 5.69. The van der Waals surface area contributed by atoms with Crippen molar-refractivity contribution in [2.45, 2.75) is 6.42 Å². The molecule has 168 valence electrons. The minimum atomic E-state index is -0.526. The first-order valence-corrected chi connectivity index (χ1v) is 10.2. The van der Waals surface area contributed by atoms with E-state index in [1.165, 1.54) is 19.2 Å². The Morgan fingerprint density at radius 2 is 1.66 bits per heavy atom. The van der Waals surface area contributed by atoms with Gasteiger partial charge in [0, 0.05) is 25.7 Å². The summed E-state index contributed by atoms with van der Waals surface area (Å²) in [6.45, 7) is 1.98. The summed E-state index contributed by atoms with van der Waals surface area (Å²) in [6, 6.07) is 8.07. The van der Waals surface area contributed by atoms with E-state index < -0.39 is 16.7 Å². The van der Waals surface area contributed by atoms with Crippen LogP contribution in [0.5, 0.6) is 11.5 Å². The van der Waals surface area contributed by atoms with Gasteiger partial charge in [-0.3, -0.25) is 24.6 Å². The fourth-order valence-corrected chi connectivity index (χ4v) is 4.00. The fourth-order valence-electron chi connectivity index (χ4n) is 4.00. The summed E-state index contributed by atoms with van der Waals surface area (Å²) in [4.78, 5) is 40.0. The van der Waals surface area contributed by atoms with Crippen LogP contribution in [0.3, 0.4) is 0 Å². The number of amides is 2. The molecular weight excluding hydrogens is 418 g/mol. The lowest BCUT2D eigenvalue weighted by atomic mass is 10.1. The molecule has 0 spiro atoms. The van der Waals surface area contributed by atoms with Crippen molar-refractivity contribution in [1.82, 2.24) is 4.90 Å². The number of methoxy groups -OCH3 is 2. The number of rotatable bonds is 7. The predicted octanol–water partition coefficient (Wildman–Crippen LogP) is 2.29. The van der Waals surface area contributed by atoms with Crippen LogP contribution in [0.25, 0.3) is 0 Å². The number of morpholine rings is 1. The van der Waals surface area contributed by atoms with Crippen LogP contribution in [0.15, 0.2) is 30.3 Å². The lowest BCUT2D eigenvalue weighted by molar-refractivity contribution is -0.384. The van der Waals surface area contributed by atoms with E-state index in [-0.39, 0.29) is 23.4 Å². The highest BCUT2D eigenvalue weighted by Crippen LogP contribution is 2.36. The molecule has 0 N–H and O–H groups in total. The molecule has 0 radical (unpaired) electrons. The smallest absolute Gasteiger partial charge is 0.293 e. The number of benzene rings is 2. The molecule has 2 aliphatic rings. The summed E-state index contributed by atoms with van der Waals surface area (Å²) in [5.41, 5.74) is 1.26. The normalized spacial score (nSPS) is 15.7.